The van der Waals surface area contributed by atoms with Gasteiger partial charge in [-0.3, -0.25) is 9.59 Å². The van der Waals surface area contributed by atoms with Gasteiger partial charge in [0.1, 0.15) is 11.0 Å². The van der Waals surface area contributed by atoms with E-state index in [1.165, 1.54) is 6.07 Å². The monoisotopic (exact) mass is 600 g/mol. The molecule has 0 saturated carbocycles. The minimum absolute atomic E-state index is 0.0645. The number of nitrogens with zero attached hydrogens (tertiary/aromatic N) is 5. The molecule has 2 saturated heterocycles. The number of benzene rings is 3. The van der Waals surface area contributed by atoms with E-state index in [2.05, 4.69) is 11.0 Å². The molecule has 2 aliphatic rings. The quantitative estimate of drug-likeness (QED) is 0.476. The SMILES string of the molecule is Cc1cc(C)c(C(=O)N2CCN(c3ccccc3S(N)(=O)=O)C[C@@H]2C)cc1C(=O)N1CCN(c2ccccc2C#N)CC1. The Morgan fingerprint density at radius 1 is 0.814 bits per heavy atom. The Morgan fingerprint density at radius 3 is 2.02 bits per heavy atom. The van der Waals surface area contributed by atoms with Crippen molar-refractivity contribution in [3.63, 3.8) is 0 Å². The van der Waals surface area contributed by atoms with Gasteiger partial charge in [0.25, 0.3) is 11.8 Å². The number of carbonyl (C=O) groups is 2. The fourth-order valence-corrected chi connectivity index (χ4v) is 6.83. The van der Waals surface area contributed by atoms with Crippen molar-refractivity contribution >= 4 is 33.2 Å². The Labute approximate surface area is 252 Å². The van der Waals surface area contributed by atoms with Gasteiger partial charge in [-0.2, -0.15) is 5.26 Å². The third-order valence-corrected chi connectivity index (χ3v) is 9.32. The molecule has 0 spiro atoms. The molecule has 10 nitrogen and oxygen atoms in total. The van der Waals surface area contributed by atoms with E-state index in [1.807, 2.05) is 54.8 Å². The van der Waals surface area contributed by atoms with Crippen LogP contribution in [0.15, 0.2) is 65.6 Å². The van der Waals surface area contributed by atoms with Crippen molar-refractivity contribution in [1.82, 2.24) is 9.80 Å². The Morgan fingerprint density at radius 2 is 1.40 bits per heavy atom. The zero-order chi connectivity index (χ0) is 30.9. The first-order chi connectivity index (χ1) is 20.5. The lowest BCUT2D eigenvalue weighted by molar-refractivity contribution is 0.0673. The number of nitrogens with two attached hydrogens (primary N) is 1. The maximum Gasteiger partial charge on any atom is 0.254 e. The molecule has 5 rings (SSSR count). The number of nitriles is 1. The summed E-state index contributed by atoms with van der Waals surface area (Å²) in [6.07, 6.45) is 0. The molecule has 11 heteroatoms. The molecule has 3 aromatic rings. The predicted octanol–water partition coefficient (Wildman–Crippen LogP) is 3.14. The molecule has 2 aliphatic heterocycles. The Kier molecular flexibility index (Phi) is 8.44. The highest BCUT2D eigenvalue weighted by Gasteiger charge is 2.32. The fraction of sp³-hybridized carbons (Fsp3) is 0.344. The highest BCUT2D eigenvalue weighted by Crippen LogP contribution is 2.28. The molecule has 2 fully saturated rings. The number of hydrogen-bond acceptors (Lipinski definition) is 7. The summed E-state index contributed by atoms with van der Waals surface area (Å²) in [5.41, 5.74) is 4.62. The van der Waals surface area contributed by atoms with Crippen LogP contribution < -0.4 is 14.9 Å². The van der Waals surface area contributed by atoms with Crippen LogP contribution in [0.1, 0.15) is 44.3 Å². The maximum atomic E-state index is 13.9. The van der Waals surface area contributed by atoms with Crippen LogP contribution in [0.2, 0.25) is 0 Å². The molecule has 0 aromatic heterocycles. The summed E-state index contributed by atoms with van der Waals surface area (Å²) in [6.45, 7) is 9.20. The zero-order valence-corrected chi connectivity index (χ0v) is 25.5. The van der Waals surface area contributed by atoms with Crippen LogP contribution in [0.4, 0.5) is 11.4 Å². The lowest BCUT2D eigenvalue weighted by Crippen LogP contribution is -2.54. The number of primary sulfonamides is 1. The number of aryl methyl sites for hydroxylation is 2. The summed E-state index contributed by atoms with van der Waals surface area (Å²) in [4.78, 5) is 35.3. The van der Waals surface area contributed by atoms with Crippen molar-refractivity contribution < 1.29 is 18.0 Å². The van der Waals surface area contributed by atoms with E-state index in [-0.39, 0.29) is 22.8 Å². The zero-order valence-electron chi connectivity index (χ0n) is 24.7. The van der Waals surface area contributed by atoms with Gasteiger partial charge in [0, 0.05) is 63.0 Å². The summed E-state index contributed by atoms with van der Waals surface area (Å²) in [6, 6.07) is 19.8. The molecule has 0 bridgehead atoms. The molecule has 0 radical (unpaired) electrons. The van der Waals surface area contributed by atoms with Gasteiger partial charge in [0.15, 0.2) is 0 Å². The molecule has 1 atom stereocenters. The molecule has 2 amide bonds. The van der Waals surface area contributed by atoms with Crippen LogP contribution in [0, 0.1) is 25.2 Å². The van der Waals surface area contributed by atoms with E-state index in [9.17, 15) is 23.3 Å². The van der Waals surface area contributed by atoms with E-state index in [4.69, 9.17) is 5.14 Å². The van der Waals surface area contributed by atoms with E-state index < -0.39 is 10.0 Å². The fourth-order valence-electron chi connectivity index (χ4n) is 6.07. The molecule has 2 N–H and O–H groups in total. The van der Waals surface area contributed by atoms with Gasteiger partial charge >= 0.3 is 0 Å². The Hall–Kier alpha value is -4.40. The maximum absolute atomic E-state index is 13.9. The molecule has 0 aliphatic carbocycles. The number of amides is 2. The highest BCUT2D eigenvalue weighted by molar-refractivity contribution is 7.89. The van der Waals surface area contributed by atoms with Crippen molar-refractivity contribution in [2.75, 3.05) is 55.6 Å². The van der Waals surface area contributed by atoms with Crippen LogP contribution in [-0.2, 0) is 10.0 Å². The van der Waals surface area contributed by atoms with Crippen LogP contribution in [0.5, 0.6) is 0 Å². The third kappa shape index (κ3) is 6.07. The summed E-state index contributed by atoms with van der Waals surface area (Å²) in [7, 11) is -3.90. The summed E-state index contributed by atoms with van der Waals surface area (Å²) < 4.78 is 24.3. The average Bonchev–Trinajstić information content (AvgIpc) is 3.00. The van der Waals surface area contributed by atoms with Crippen LogP contribution >= 0.6 is 0 Å². The number of rotatable bonds is 5. The van der Waals surface area contributed by atoms with Crippen molar-refractivity contribution in [3.8, 4) is 6.07 Å². The second kappa shape index (κ2) is 12.1. The second-order valence-corrected chi connectivity index (χ2v) is 12.7. The lowest BCUT2D eigenvalue weighted by Gasteiger charge is -2.41. The van der Waals surface area contributed by atoms with Crippen LogP contribution in [-0.4, -0.2) is 81.9 Å². The van der Waals surface area contributed by atoms with Gasteiger partial charge in [-0.05, 0) is 62.2 Å². The lowest BCUT2D eigenvalue weighted by atomic mass is 9.97. The van der Waals surface area contributed by atoms with Crippen molar-refractivity contribution in [3.05, 3.63) is 88.5 Å². The number of carbonyl (C=O) groups excluding carboxylic acids is 2. The number of piperazine rings is 2. The molecule has 0 unspecified atom stereocenters. The second-order valence-electron chi connectivity index (χ2n) is 11.2. The molecular formula is C32H36N6O4S. The van der Waals surface area contributed by atoms with Gasteiger partial charge < -0.3 is 19.6 Å². The first-order valence-electron chi connectivity index (χ1n) is 14.3. The minimum Gasteiger partial charge on any atom is -0.367 e. The van der Waals surface area contributed by atoms with E-state index in [1.54, 1.807) is 35.2 Å². The summed E-state index contributed by atoms with van der Waals surface area (Å²) >= 11 is 0. The topological polar surface area (TPSA) is 131 Å². The summed E-state index contributed by atoms with van der Waals surface area (Å²) in [5.74, 6) is -0.270. The highest BCUT2D eigenvalue weighted by atomic mass is 32.2. The summed E-state index contributed by atoms with van der Waals surface area (Å²) in [5, 5.41) is 14.9. The van der Waals surface area contributed by atoms with Crippen molar-refractivity contribution in [2.24, 2.45) is 5.14 Å². The Balaban J connectivity index is 1.30. The number of para-hydroxylation sites is 2. The Bertz CT molecular complexity index is 1710. The minimum atomic E-state index is -3.90. The van der Waals surface area contributed by atoms with Gasteiger partial charge in [-0.25, -0.2) is 13.6 Å². The van der Waals surface area contributed by atoms with Gasteiger partial charge in [-0.15, -0.1) is 0 Å². The van der Waals surface area contributed by atoms with Crippen molar-refractivity contribution in [2.45, 2.75) is 31.7 Å². The molecule has 3 aromatic carbocycles. The third-order valence-electron chi connectivity index (χ3n) is 8.37. The van der Waals surface area contributed by atoms with Gasteiger partial charge in [0.2, 0.25) is 10.0 Å². The van der Waals surface area contributed by atoms with E-state index >= 15 is 0 Å². The first kappa shape index (κ1) is 30.1. The molecule has 43 heavy (non-hydrogen) atoms. The van der Waals surface area contributed by atoms with Gasteiger partial charge in [-0.1, -0.05) is 30.3 Å². The standard InChI is InChI=1S/C32H36N6O4S/c1-22-18-23(2)27(19-26(22)31(39)36-14-12-35(13-15-36)28-9-5-4-8-25(28)20-33)32(40)38-17-16-37(21-24(38)3)29-10-6-7-11-30(29)43(34,41)42/h4-11,18-19,24H,12-17,21H2,1-3H3,(H2,34,41,42)/t24-/m0/s1. The average molecular weight is 601 g/mol. The number of anilines is 2. The molecular weight excluding hydrogens is 564 g/mol. The van der Waals surface area contributed by atoms with Crippen LogP contribution in [0.25, 0.3) is 0 Å². The predicted molar refractivity (Wildman–Crippen MR) is 166 cm³/mol. The number of hydrogen-bond donors (Lipinski definition) is 1. The van der Waals surface area contributed by atoms with E-state index in [0.29, 0.717) is 68.2 Å². The van der Waals surface area contributed by atoms with Crippen LogP contribution in [0.3, 0.4) is 0 Å². The largest absolute Gasteiger partial charge is 0.367 e. The number of sulfonamides is 1. The molecule has 2 heterocycles. The normalized spacial score (nSPS) is 17.5. The molecule has 224 valence electrons. The van der Waals surface area contributed by atoms with Crippen molar-refractivity contribution in [1.29, 1.82) is 5.26 Å². The van der Waals surface area contributed by atoms with E-state index in [0.717, 1.165) is 16.8 Å². The van der Waals surface area contributed by atoms with Gasteiger partial charge in [0.05, 0.1) is 16.9 Å². The smallest absolute Gasteiger partial charge is 0.254 e. The first-order valence-corrected chi connectivity index (χ1v) is 15.9.